The Morgan fingerprint density at radius 3 is 2.60 bits per heavy atom. The number of rotatable bonds is 13. The first-order chi connectivity index (χ1) is 12.0. The predicted molar refractivity (Wildman–Crippen MR) is 97.2 cm³/mol. The summed E-state index contributed by atoms with van der Waals surface area (Å²) in [5, 5.41) is 28.7. The molecule has 144 valence electrons. The molecule has 3 N–H and O–H groups in total. The zero-order valence-electron chi connectivity index (χ0n) is 15.4. The fourth-order valence-electron chi connectivity index (χ4n) is 3.54. The molecule has 2 unspecified atom stereocenters. The van der Waals surface area contributed by atoms with E-state index in [1.807, 2.05) is 6.08 Å². The molecule has 25 heavy (non-hydrogen) atoms. The van der Waals surface area contributed by atoms with Gasteiger partial charge in [-0.05, 0) is 19.3 Å². The van der Waals surface area contributed by atoms with Crippen molar-refractivity contribution in [3.63, 3.8) is 0 Å². The molecule has 1 saturated carbocycles. The van der Waals surface area contributed by atoms with E-state index in [2.05, 4.69) is 6.92 Å². The Hall–Kier alpha value is -1.20. The molecule has 5 nitrogen and oxygen atoms in total. The molecule has 1 fully saturated rings. The number of carbonyl (C=O) groups excluding carboxylic acids is 1. The van der Waals surface area contributed by atoms with Crippen molar-refractivity contribution in [1.82, 2.24) is 0 Å². The topological polar surface area (TPSA) is 94.8 Å². The molecule has 4 atom stereocenters. The monoisotopic (exact) mass is 354 g/mol. The molecule has 1 rings (SSSR count). The number of hydrogen-bond acceptors (Lipinski definition) is 4. The van der Waals surface area contributed by atoms with Crippen LogP contribution in [0.4, 0.5) is 0 Å². The molecular formula is C20H34O5. The summed E-state index contributed by atoms with van der Waals surface area (Å²) in [5.41, 5.74) is 0. The van der Waals surface area contributed by atoms with Gasteiger partial charge in [-0.15, -0.1) is 0 Å². The van der Waals surface area contributed by atoms with Gasteiger partial charge < -0.3 is 15.3 Å². The van der Waals surface area contributed by atoms with Crippen LogP contribution in [0.5, 0.6) is 0 Å². The fraction of sp³-hybridized carbons (Fsp3) is 0.800. The van der Waals surface area contributed by atoms with Crippen LogP contribution in [0.2, 0.25) is 0 Å². The third-order valence-electron chi connectivity index (χ3n) is 5.05. The van der Waals surface area contributed by atoms with Crippen LogP contribution in [0, 0.1) is 11.8 Å². The van der Waals surface area contributed by atoms with Crippen LogP contribution < -0.4 is 0 Å². The number of ketones is 1. The Bertz CT molecular complexity index is 432. The molecule has 0 amide bonds. The third-order valence-corrected chi connectivity index (χ3v) is 5.05. The van der Waals surface area contributed by atoms with E-state index in [1.54, 1.807) is 6.08 Å². The highest BCUT2D eigenvalue weighted by atomic mass is 16.4. The van der Waals surface area contributed by atoms with Crippen molar-refractivity contribution in [3.8, 4) is 0 Å². The van der Waals surface area contributed by atoms with E-state index >= 15 is 0 Å². The average Bonchev–Trinajstić information content (AvgIpc) is 2.82. The van der Waals surface area contributed by atoms with Gasteiger partial charge in [0.15, 0.2) is 0 Å². The third kappa shape index (κ3) is 8.63. The van der Waals surface area contributed by atoms with Crippen LogP contribution in [0.3, 0.4) is 0 Å². The second kappa shape index (κ2) is 12.2. The van der Waals surface area contributed by atoms with Crippen molar-refractivity contribution in [2.45, 2.75) is 89.8 Å². The first-order valence-corrected chi connectivity index (χ1v) is 9.74. The summed E-state index contributed by atoms with van der Waals surface area (Å²) in [6.07, 6.45) is 10.7. The van der Waals surface area contributed by atoms with Crippen LogP contribution in [-0.2, 0) is 9.59 Å². The highest BCUT2D eigenvalue weighted by Gasteiger charge is 2.39. The van der Waals surface area contributed by atoms with Crippen molar-refractivity contribution < 1.29 is 24.9 Å². The van der Waals surface area contributed by atoms with Gasteiger partial charge in [0.1, 0.15) is 5.78 Å². The zero-order chi connectivity index (χ0) is 18.7. The minimum atomic E-state index is -0.767. The van der Waals surface area contributed by atoms with Gasteiger partial charge in [-0.2, -0.15) is 0 Å². The smallest absolute Gasteiger partial charge is 0.303 e. The fourth-order valence-corrected chi connectivity index (χ4v) is 3.54. The van der Waals surface area contributed by atoms with Crippen molar-refractivity contribution >= 4 is 11.8 Å². The summed E-state index contributed by atoms with van der Waals surface area (Å²) >= 11 is 0. The second-order valence-electron chi connectivity index (χ2n) is 7.22. The van der Waals surface area contributed by atoms with Gasteiger partial charge in [0.2, 0.25) is 0 Å². The minimum Gasteiger partial charge on any atom is -0.481 e. The number of hydrogen-bond donors (Lipinski definition) is 3. The number of carboxylic acid groups (broad SMARTS) is 1. The summed E-state index contributed by atoms with van der Waals surface area (Å²) < 4.78 is 0. The van der Waals surface area contributed by atoms with Gasteiger partial charge >= 0.3 is 5.97 Å². The lowest BCUT2D eigenvalue weighted by atomic mass is 9.88. The lowest BCUT2D eigenvalue weighted by molar-refractivity contribution is -0.137. The lowest BCUT2D eigenvalue weighted by Gasteiger charge is -2.18. The summed E-state index contributed by atoms with van der Waals surface area (Å²) in [5.74, 6) is -1.04. The molecule has 0 aromatic rings. The largest absolute Gasteiger partial charge is 0.481 e. The Morgan fingerprint density at radius 2 is 1.92 bits per heavy atom. The van der Waals surface area contributed by atoms with Gasteiger partial charge in [-0.3, -0.25) is 9.59 Å². The van der Waals surface area contributed by atoms with Crippen LogP contribution >= 0.6 is 0 Å². The van der Waals surface area contributed by atoms with E-state index in [4.69, 9.17) is 5.11 Å². The second-order valence-corrected chi connectivity index (χ2v) is 7.22. The van der Waals surface area contributed by atoms with Crippen LogP contribution in [-0.4, -0.2) is 39.3 Å². The summed E-state index contributed by atoms with van der Waals surface area (Å²) in [6, 6.07) is 0. The summed E-state index contributed by atoms with van der Waals surface area (Å²) in [7, 11) is 0. The van der Waals surface area contributed by atoms with Gasteiger partial charge in [-0.25, -0.2) is 0 Å². The quantitative estimate of drug-likeness (QED) is 0.348. The number of unbranched alkanes of at least 4 members (excludes halogenated alkanes) is 5. The van der Waals surface area contributed by atoms with E-state index in [-0.39, 0.29) is 30.5 Å². The first kappa shape index (κ1) is 21.8. The molecule has 5 heteroatoms. The number of carboxylic acids is 1. The first-order valence-electron chi connectivity index (χ1n) is 9.74. The number of Topliss-reactive ketones (excluding diaryl/α,β-unsaturated/α-hetero) is 1. The van der Waals surface area contributed by atoms with Gasteiger partial charge in [0, 0.05) is 24.7 Å². The van der Waals surface area contributed by atoms with Crippen molar-refractivity contribution in [2.24, 2.45) is 11.8 Å². The molecule has 0 heterocycles. The average molecular weight is 354 g/mol. The minimum absolute atomic E-state index is 0.105. The molecule has 0 bridgehead atoms. The van der Waals surface area contributed by atoms with E-state index in [9.17, 15) is 19.8 Å². The Morgan fingerprint density at radius 1 is 1.20 bits per heavy atom. The normalized spacial score (nSPS) is 24.9. The summed E-state index contributed by atoms with van der Waals surface area (Å²) in [4.78, 5) is 22.6. The molecule has 1 aliphatic rings. The van der Waals surface area contributed by atoms with Crippen LogP contribution in [0.1, 0.15) is 77.6 Å². The standard InChI is InChI=1S/C20H34O5/c1-2-3-6-9-15(21)12-13-17-16(18(22)14-19(17)23)10-7-4-5-8-11-20(24)25/h12-13,15-17,19,21,23H,2-11,14H2,1H3,(H,24,25)/b13-12+/t15?,16?,17-,19+/m1/s1. The van der Waals surface area contributed by atoms with Crippen LogP contribution in [0.15, 0.2) is 12.2 Å². The van der Waals surface area contributed by atoms with Gasteiger partial charge in [0.25, 0.3) is 0 Å². The SMILES string of the molecule is CCCCCC(O)/C=C/[C@@H]1C(CCCCCCC(=O)O)C(=O)C[C@@H]1O. The maximum Gasteiger partial charge on any atom is 0.303 e. The predicted octanol–water partition coefficient (Wildman–Crippen LogP) is 3.48. The lowest BCUT2D eigenvalue weighted by Crippen LogP contribution is -2.19. The van der Waals surface area contributed by atoms with Crippen LogP contribution in [0.25, 0.3) is 0 Å². The number of aliphatic hydroxyl groups is 2. The van der Waals surface area contributed by atoms with E-state index < -0.39 is 18.2 Å². The zero-order valence-corrected chi connectivity index (χ0v) is 15.4. The van der Waals surface area contributed by atoms with Crippen molar-refractivity contribution in [2.75, 3.05) is 0 Å². The molecule has 0 aromatic heterocycles. The van der Waals surface area contributed by atoms with Crippen molar-refractivity contribution in [1.29, 1.82) is 0 Å². The molecule has 0 radical (unpaired) electrons. The molecular weight excluding hydrogens is 320 g/mol. The summed E-state index contributed by atoms with van der Waals surface area (Å²) in [6.45, 7) is 2.12. The number of carbonyl (C=O) groups is 2. The Labute approximate surface area is 151 Å². The Kier molecular flexibility index (Phi) is 10.7. The molecule has 0 spiro atoms. The van der Waals surface area contributed by atoms with E-state index in [1.165, 1.54) is 0 Å². The number of aliphatic hydroxyl groups excluding tert-OH is 2. The highest BCUT2D eigenvalue weighted by molar-refractivity contribution is 5.84. The maximum absolute atomic E-state index is 12.1. The van der Waals surface area contributed by atoms with Crippen molar-refractivity contribution in [3.05, 3.63) is 12.2 Å². The maximum atomic E-state index is 12.1. The molecule has 0 aromatic carbocycles. The number of aliphatic carboxylic acids is 1. The molecule has 1 aliphatic carbocycles. The molecule has 0 saturated heterocycles. The highest BCUT2D eigenvalue weighted by Crippen LogP contribution is 2.34. The molecule has 0 aliphatic heterocycles. The van der Waals surface area contributed by atoms with Gasteiger partial charge in [-0.1, -0.05) is 57.6 Å². The van der Waals surface area contributed by atoms with E-state index in [0.717, 1.165) is 51.4 Å². The Balaban J connectivity index is 2.39. The van der Waals surface area contributed by atoms with E-state index in [0.29, 0.717) is 6.42 Å². The van der Waals surface area contributed by atoms with Gasteiger partial charge in [0.05, 0.1) is 12.2 Å².